The van der Waals surface area contributed by atoms with E-state index in [1.54, 1.807) is 0 Å². The van der Waals surface area contributed by atoms with Crippen LogP contribution in [-0.4, -0.2) is 7.42 Å². The van der Waals surface area contributed by atoms with Crippen molar-refractivity contribution in [2.45, 2.75) is 18.4 Å². The van der Waals surface area contributed by atoms with Crippen LogP contribution in [0.25, 0.3) is 0 Å². The van der Waals surface area contributed by atoms with Gasteiger partial charge in [0.1, 0.15) is 0 Å². The molecule has 0 radical (unpaired) electrons. The summed E-state index contributed by atoms with van der Waals surface area (Å²) in [6, 6.07) is 0. The molecule has 0 aliphatic heterocycles. The highest BCUT2D eigenvalue weighted by Gasteiger charge is 2.39. The minimum Gasteiger partial charge on any atom is -0.150 e. The highest BCUT2D eigenvalue weighted by molar-refractivity contribution is 7.34. The first-order valence-corrected chi connectivity index (χ1v) is 7.89. The summed E-state index contributed by atoms with van der Waals surface area (Å²) < 4.78 is 0. The van der Waals surface area contributed by atoms with Gasteiger partial charge in [-0.25, -0.2) is 0 Å². The molecule has 0 nitrogen and oxygen atoms in total. The fourth-order valence-electron chi connectivity index (χ4n) is 2.11. The van der Waals surface area contributed by atoms with Crippen LogP contribution in [0.2, 0.25) is 5.54 Å². The van der Waals surface area contributed by atoms with Crippen LogP contribution in [0.1, 0.15) is 12.8 Å². The molecule has 3 atom stereocenters. The van der Waals surface area contributed by atoms with Gasteiger partial charge in [0.05, 0.1) is 0 Å². The second-order valence-corrected chi connectivity index (χ2v) is 8.30. The van der Waals surface area contributed by atoms with E-state index in [-0.39, 0.29) is 0 Å². The van der Waals surface area contributed by atoms with Gasteiger partial charge in [-0.1, -0.05) is 12.2 Å². The first-order valence-electron chi connectivity index (χ1n) is 3.74. The summed E-state index contributed by atoms with van der Waals surface area (Å²) in [5.41, 5.74) is 0.679. The van der Waals surface area contributed by atoms with E-state index in [0.29, 0.717) is 5.54 Å². The van der Waals surface area contributed by atoms with Crippen molar-refractivity contribution in [3.8, 4) is 0 Å². The van der Waals surface area contributed by atoms with Crippen molar-refractivity contribution in [2.24, 2.45) is 11.8 Å². The van der Waals surface area contributed by atoms with Crippen LogP contribution in [0.15, 0.2) is 12.2 Å². The predicted octanol–water partition coefficient (Wildman–Crippen LogP) is 2.65. The lowest BCUT2D eigenvalue weighted by molar-refractivity contribution is 0.690. The molecule has 2 rings (SSSR count). The Morgan fingerprint density at radius 3 is 2.30 bits per heavy atom. The Labute approximate surface area is 72.2 Å². The lowest BCUT2D eigenvalue weighted by Crippen LogP contribution is -2.11. The van der Waals surface area contributed by atoms with Crippen molar-refractivity contribution in [1.29, 1.82) is 0 Å². The van der Waals surface area contributed by atoms with Gasteiger partial charge in [-0.2, -0.15) is 22.2 Å². The molecule has 2 aliphatic rings. The maximum absolute atomic E-state index is 5.95. The third-order valence-electron chi connectivity index (χ3n) is 2.65. The molecule has 1 fully saturated rings. The summed E-state index contributed by atoms with van der Waals surface area (Å²) in [5, 5.41) is 0. The third kappa shape index (κ3) is 1.05. The Morgan fingerprint density at radius 2 is 2.00 bits per heavy atom. The minimum absolute atomic E-state index is 0.679. The van der Waals surface area contributed by atoms with Gasteiger partial charge < -0.3 is 0 Å². The van der Waals surface area contributed by atoms with E-state index in [4.69, 9.17) is 22.2 Å². The molecule has 0 N–H and O–H groups in total. The average molecular weight is 193 g/mol. The number of rotatable bonds is 1. The Bertz CT molecular complexity index is 167. The van der Waals surface area contributed by atoms with Gasteiger partial charge >= 0.3 is 0 Å². The molecule has 0 aromatic carbocycles. The van der Waals surface area contributed by atoms with Gasteiger partial charge in [0.15, 0.2) is 0 Å². The van der Waals surface area contributed by atoms with E-state index in [1.807, 2.05) is 0 Å². The first-order chi connectivity index (χ1) is 4.77. The molecule has 2 bridgehead atoms. The van der Waals surface area contributed by atoms with E-state index >= 15 is 0 Å². The zero-order valence-electron chi connectivity index (χ0n) is 5.63. The van der Waals surface area contributed by atoms with Crippen LogP contribution in [-0.2, 0) is 0 Å². The fraction of sp³-hybridized carbons (Fsp3) is 0.714. The highest BCUT2D eigenvalue weighted by atomic mass is 35.7. The van der Waals surface area contributed by atoms with Crippen molar-refractivity contribution < 1.29 is 0 Å². The summed E-state index contributed by atoms with van der Waals surface area (Å²) in [5.74, 6) is 1.57. The summed E-state index contributed by atoms with van der Waals surface area (Å²) in [6.07, 6.45) is 7.23. The smallest absolute Gasteiger partial charge is 0.150 e. The van der Waals surface area contributed by atoms with Gasteiger partial charge in [-0.05, 0) is 30.2 Å². The Morgan fingerprint density at radius 1 is 1.20 bits per heavy atom. The average Bonchev–Trinajstić information content (AvgIpc) is 2.44. The maximum atomic E-state index is 5.95. The summed E-state index contributed by atoms with van der Waals surface area (Å²) in [7, 11) is -1.37. The van der Waals surface area contributed by atoms with Gasteiger partial charge in [-0.15, -0.1) is 0 Å². The number of hydrogen-bond acceptors (Lipinski definition) is 0. The molecule has 0 heterocycles. The van der Waals surface area contributed by atoms with E-state index < -0.39 is 7.42 Å². The lowest BCUT2D eigenvalue weighted by Gasteiger charge is -2.16. The molecule has 3 heteroatoms. The molecule has 0 aromatic rings. The Hall–Kier alpha value is 0.537. The lowest BCUT2D eigenvalue weighted by atomic mass is 10.1. The molecule has 0 saturated heterocycles. The second kappa shape index (κ2) is 2.54. The molecular weight excluding hydrogens is 183 g/mol. The molecule has 1 saturated carbocycles. The topological polar surface area (TPSA) is 0 Å². The van der Waals surface area contributed by atoms with Crippen LogP contribution in [0.4, 0.5) is 0 Å². The first kappa shape index (κ1) is 7.20. The number of hydrogen-bond donors (Lipinski definition) is 0. The summed E-state index contributed by atoms with van der Waals surface area (Å²) in [4.78, 5) is 0. The number of allylic oxidation sites excluding steroid dienone is 2. The van der Waals surface area contributed by atoms with Gasteiger partial charge in [0, 0.05) is 0 Å². The van der Waals surface area contributed by atoms with Crippen LogP contribution < -0.4 is 0 Å². The zero-order chi connectivity index (χ0) is 7.14. The SMILES string of the molecule is Cl[SiH](Cl)C1CC2C=CC1C2. The van der Waals surface area contributed by atoms with Crippen molar-refractivity contribution >= 4 is 29.6 Å². The van der Waals surface area contributed by atoms with Crippen molar-refractivity contribution in [1.82, 2.24) is 0 Å². The largest absolute Gasteiger partial charge is 0.240 e. The van der Waals surface area contributed by atoms with E-state index in [9.17, 15) is 0 Å². The summed E-state index contributed by atoms with van der Waals surface area (Å²) >= 11 is 11.9. The molecule has 10 heavy (non-hydrogen) atoms. The third-order valence-corrected chi connectivity index (χ3v) is 6.01. The number of fused-ring (bicyclic) bond motifs is 2. The van der Waals surface area contributed by atoms with Crippen LogP contribution in [0.5, 0.6) is 0 Å². The van der Waals surface area contributed by atoms with Gasteiger partial charge in [0.25, 0.3) is 0 Å². The molecular formula is C7H10Cl2Si. The Balaban J connectivity index is 2.09. The van der Waals surface area contributed by atoms with Crippen LogP contribution in [0.3, 0.4) is 0 Å². The molecule has 0 amide bonds. The second-order valence-electron chi connectivity index (χ2n) is 3.28. The monoisotopic (exact) mass is 192 g/mol. The van der Waals surface area contributed by atoms with Crippen LogP contribution in [0, 0.1) is 11.8 Å². The molecule has 0 spiro atoms. The molecule has 2 aliphatic carbocycles. The fourth-order valence-corrected chi connectivity index (χ4v) is 5.07. The normalized spacial score (nSPS) is 43.7. The number of halogens is 2. The molecule has 0 aromatic heterocycles. The quantitative estimate of drug-likeness (QED) is 0.341. The predicted molar refractivity (Wildman–Crippen MR) is 48.0 cm³/mol. The zero-order valence-corrected chi connectivity index (χ0v) is 8.30. The van der Waals surface area contributed by atoms with E-state index in [0.717, 1.165) is 11.8 Å². The maximum Gasteiger partial charge on any atom is 0.240 e. The minimum atomic E-state index is -1.37. The van der Waals surface area contributed by atoms with Gasteiger partial charge in [-0.3, -0.25) is 0 Å². The highest BCUT2D eigenvalue weighted by Crippen LogP contribution is 2.49. The Kier molecular flexibility index (Phi) is 1.83. The van der Waals surface area contributed by atoms with E-state index in [1.165, 1.54) is 12.8 Å². The van der Waals surface area contributed by atoms with Crippen molar-refractivity contribution in [2.75, 3.05) is 0 Å². The standard InChI is InChI=1S/C7H10Cl2Si/c8-10(9)7-4-5-1-2-6(7)3-5/h1-2,5-7,10H,3-4H2. The van der Waals surface area contributed by atoms with Crippen molar-refractivity contribution in [3.05, 3.63) is 12.2 Å². The molecule has 3 unspecified atom stereocenters. The van der Waals surface area contributed by atoms with E-state index in [2.05, 4.69) is 12.2 Å². The van der Waals surface area contributed by atoms with Crippen molar-refractivity contribution in [3.63, 3.8) is 0 Å². The van der Waals surface area contributed by atoms with Crippen LogP contribution >= 0.6 is 22.2 Å². The molecule has 56 valence electrons. The summed E-state index contributed by atoms with van der Waals surface area (Å²) in [6.45, 7) is 0. The van der Waals surface area contributed by atoms with Gasteiger partial charge in [0.2, 0.25) is 7.42 Å².